The Morgan fingerprint density at radius 1 is 1.22 bits per heavy atom. The molecule has 0 saturated heterocycles. The quantitative estimate of drug-likeness (QED) is 0.688. The Hall–Kier alpha value is -2.86. The van der Waals surface area contributed by atoms with Crippen molar-refractivity contribution in [3.8, 4) is 5.75 Å². The molecule has 0 radical (unpaired) electrons. The fourth-order valence-corrected chi connectivity index (χ4v) is 3.10. The molecule has 0 aliphatic rings. The number of phenols is 1. The van der Waals surface area contributed by atoms with Gasteiger partial charge in [-0.15, -0.1) is 11.3 Å². The second kappa shape index (κ2) is 6.50. The molecule has 1 aromatic carbocycles. The van der Waals surface area contributed by atoms with Gasteiger partial charge in [-0.05, 0) is 41.3 Å². The van der Waals surface area contributed by atoms with Crippen molar-refractivity contribution in [2.24, 2.45) is 0 Å². The lowest BCUT2D eigenvalue weighted by molar-refractivity contribution is 0.0944. The molecule has 0 saturated carbocycles. The topological polar surface area (TPSA) is 88.2 Å². The predicted molar refractivity (Wildman–Crippen MR) is 90.4 cm³/mol. The van der Waals surface area contributed by atoms with Crippen molar-refractivity contribution in [1.29, 1.82) is 0 Å². The minimum atomic E-state index is -0.366. The minimum Gasteiger partial charge on any atom is -0.508 e. The molecule has 23 heavy (non-hydrogen) atoms. The fraction of sp³-hybridized carbons (Fsp3) is 0.0588. The lowest BCUT2D eigenvalue weighted by Gasteiger charge is -2.18. The Bertz CT molecular complexity index is 818. The van der Waals surface area contributed by atoms with E-state index in [0.717, 1.165) is 10.4 Å². The third-order valence-corrected chi connectivity index (χ3v) is 4.33. The van der Waals surface area contributed by atoms with E-state index in [2.05, 4.69) is 10.3 Å². The molecule has 0 aliphatic heterocycles. The van der Waals surface area contributed by atoms with E-state index in [9.17, 15) is 9.90 Å². The summed E-state index contributed by atoms with van der Waals surface area (Å²) in [6, 6.07) is 13.6. The van der Waals surface area contributed by atoms with Crippen LogP contribution in [0.5, 0.6) is 5.75 Å². The second-order valence-corrected chi connectivity index (χ2v) is 5.93. The highest BCUT2D eigenvalue weighted by Crippen LogP contribution is 2.28. The van der Waals surface area contributed by atoms with Crippen LogP contribution in [0, 0.1) is 0 Å². The number of anilines is 1. The van der Waals surface area contributed by atoms with Crippen molar-refractivity contribution in [3.63, 3.8) is 0 Å². The first kappa shape index (κ1) is 15.1. The minimum absolute atomic E-state index is 0.152. The summed E-state index contributed by atoms with van der Waals surface area (Å²) in [4.78, 5) is 17.4. The van der Waals surface area contributed by atoms with Gasteiger partial charge in [-0.25, -0.2) is 4.98 Å². The van der Waals surface area contributed by atoms with Gasteiger partial charge >= 0.3 is 0 Å². The fourth-order valence-electron chi connectivity index (χ4n) is 2.30. The summed E-state index contributed by atoms with van der Waals surface area (Å²) in [6.07, 6.45) is 1.54. The van der Waals surface area contributed by atoms with Crippen LogP contribution in [-0.4, -0.2) is 16.0 Å². The Labute approximate surface area is 137 Å². The molecule has 3 aromatic rings. The van der Waals surface area contributed by atoms with Crippen LogP contribution in [0.15, 0.2) is 60.1 Å². The third-order valence-electron chi connectivity index (χ3n) is 3.39. The van der Waals surface area contributed by atoms with E-state index in [-0.39, 0.29) is 23.5 Å². The summed E-state index contributed by atoms with van der Waals surface area (Å²) in [5.74, 6) is 0.0300. The van der Waals surface area contributed by atoms with Crippen molar-refractivity contribution >= 4 is 23.1 Å². The van der Waals surface area contributed by atoms with Crippen molar-refractivity contribution in [2.75, 3.05) is 5.73 Å². The Balaban J connectivity index is 1.94. The summed E-state index contributed by atoms with van der Waals surface area (Å²) in [5, 5.41) is 14.6. The first-order valence-corrected chi connectivity index (χ1v) is 7.87. The smallest absolute Gasteiger partial charge is 0.255 e. The van der Waals surface area contributed by atoms with E-state index in [1.54, 1.807) is 30.3 Å². The molecule has 4 N–H and O–H groups in total. The number of hydrogen-bond acceptors (Lipinski definition) is 5. The number of nitrogens with two attached hydrogens (primary N) is 1. The van der Waals surface area contributed by atoms with Crippen LogP contribution < -0.4 is 11.1 Å². The van der Waals surface area contributed by atoms with Gasteiger partial charge in [-0.1, -0.05) is 18.2 Å². The van der Waals surface area contributed by atoms with Gasteiger partial charge < -0.3 is 16.2 Å². The van der Waals surface area contributed by atoms with Gasteiger partial charge in [-0.3, -0.25) is 4.79 Å². The number of nitrogen functional groups attached to an aromatic ring is 1. The van der Waals surface area contributed by atoms with Crippen LogP contribution in [0.3, 0.4) is 0 Å². The summed E-state index contributed by atoms with van der Waals surface area (Å²) in [7, 11) is 0. The first-order valence-electron chi connectivity index (χ1n) is 6.99. The maximum Gasteiger partial charge on any atom is 0.255 e. The zero-order valence-corrected chi connectivity index (χ0v) is 13.0. The number of aromatic nitrogens is 1. The number of phenolic OH excluding ortho intramolecular Hbond substituents is 1. The van der Waals surface area contributed by atoms with E-state index in [4.69, 9.17) is 5.73 Å². The Morgan fingerprint density at radius 3 is 2.78 bits per heavy atom. The highest BCUT2D eigenvalue weighted by atomic mass is 32.1. The second-order valence-electron chi connectivity index (χ2n) is 4.95. The monoisotopic (exact) mass is 325 g/mol. The molecule has 1 amide bonds. The number of carbonyl (C=O) groups is 1. The molecule has 0 aliphatic carbocycles. The molecule has 1 unspecified atom stereocenters. The van der Waals surface area contributed by atoms with E-state index in [0.29, 0.717) is 5.56 Å². The number of nitrogens with zero attached hydrogens (tertiary/aromatic N) is 1. The van der Waals surface area contributed by atoms with Crippen LogP contribution in [-0.2, 0) is 0 Å². The van der Waals surface area contributed by atoms with Gasteiger partial charge in [0.05, 0.1) is 11.6 Å². The van der Waals surface area contributed by atoms with E-state index in [1.165, 1.54) is 17.5 Å². The lowest BCUT2D eigenvalue weighted by atomic mass is 10.0. The van der Waals surface area contributed by atoms with Crippen LogP contribution in [0.25, 0.3) is 0 Å². The standard InChI is InChI=1S/C17H15N3O2S/c18-16-13(6-2-8-19-16)17(22)20-15(14-7-3-9-23-14)11-4-1-5-12(21)10-11/h1-10,15,21H,(H2,18,19)(H,20,22). The number of nitrogens with one attached hydrogen (secondary N) is 1. The average molecular weight is 325 g/mol. The molecule has 0 bridgehead atoms. The summed E-state index contributed by atoms with van der Waals surface area (Å²) in [6.45, 7) is 0. The molecule has 0 fully saturated rings. The summed E-state index contributed by atoms with van der Waals surface area (Å²) in [5.41, 5.74) is 6.89. The molecule has 5 nitrogen and oxygen atoms in total. The zero-order valence-electron chi connectivity index (χ0n) is 12.1. The van der Waals surface area contributed by atoms with Gasteiger partial charge in [0.15, 0.2) is 0 Å². The van der Waals surface area contributed by atoms with Crippen LogP contribution in [0.1, 0.15) is 26.8 Å². The summed E-state index contributed by atoms with van der Waals surface area (Å²) >= 11 is 1.53. The number of benzene rings is 1. The summed E-state index contributed by atoms with van der Waals surface area (Å²) < 4.78 is 0. The Kier molecular flexibility index (Phi) is 4.25. The molecule has 3 rings (SSSR count). The average Bonchev–Trinajstić information content (AvgIpc) is 3.07. The van der Waals surface area contributed by atoms with Crippen LogP contribution >= 0.6 is 11.3 Å². The molecule has 1 atom stereocenters. The molecule has 2 heterocycles. The van der Waals surface area contributed by atoms with Gasteiger partial charge in [-0.2, -0.15) is 0 Å². The van der Waals surface area contributed by atoms with Gasteiger partial charge in [0.2, 0.25) is 0 Å². The zero-order chi connectivity index (χ0) is 16.2. The van der Waals surface area contributed by atoms with Crippen LogP contribution in [0.2, 0.25) is 0 Å². The normalized spacial score (nSPS) is 11.8. The predicted octanol–water partition coefficient (Wildman–Crippen LogP) is 2.95. The molecule has 2 aromatic heterocycles. The van der Waals surface area contributed by atoms with Crippen molar-refractivity contribution < 1.29 is 9.90 Å². The van der Waals surface area contributed by atoms with Gasteiger partial charge in [0, 0.05) is 11.1 Å². The molecule has 116 valence electrons. The molecular weight excluding hydrogens is 310 g/mol. The van der Waals surface area contributed by atoms with Crippen molar-refractivity contribution in [2.45, 2.75) is 6.04 Å². The number of rotatable bonds is 4. The maximum atomic E-state index is 12.5. The van der Waals surface area contributed by atoms with Crippen LogP contribution in [0.4, 0.5) is 5.82 Å². The van der Waals surface area contributed by atoms with Gasteiger partial charge in [0.25, 0.3) is 5.91 Å². The highest BCUT2D eigenvalue weighted by Gasteiger charge is 2.20. The molecule has 0 spiro atoms. The SMILES string of the molecule is Nc1ncccc1C(=O)NC(c1cccc(O)c1)c1cccs1. The highest BCUT2D eigenvalue weighted by molar-refractivity contribution is 7.10. The third kappa shape index (κ3) is 3.32. The maximum absolute atomic E-state index is 12.5. The molecule has 6 heteroatoms. The number of thiophene rings is 1. The lowest BCUT2D eigenvalue weighted by Crippen LogP contribution is -2.29. The number of hydrogen-bond donors (Lipinski definition) is 3. The number of pyridine rings is 1. The van der Waals surface area contributed by atoms with Crippen molar-refractivity contribution in [3.05, 3.63) is 76.1 Å². The number of amides is 1. The van der Waals surface area contributed by atoms with E-state index >= 15 is 0 Å². The Morgan fingerprint density at radius 2 is 2.09 bits per heavy atom. The van der Waals surface area contributed by atoms with Crippen molar-refractivity contribution in [1.82, 2.24) is 10.3 Å². The van der Waals surface area contributed by atoms with E-state index in [1.807, 2.05) is 23.6 Å². The first-order chi connectivity index (χ1) is 11.1. The number of carbonyl (C=O) groups excluding carboxylic acids is 1. The van der Waals surface area contributed by atoms with E-state index < -0.39 is 0 Å². The number of aromatic hydroxyl groups is 1. The van der Waals surface area contributed by atoms with Gasteiger partial charge in [0.1, 0.15) is 11.6 Å². The largest absolute Gasteiger partial charge is 0.508 e. The molecular formula is C17H15N3O2S.